The molecule has 1 atom stereocenters. The molecule has 1 heterocycles. The summed E-state index contributed by atoms with van der Waals surface area (Å²) >= 11 is 0. The molecular formula is C15H16N4O. The van der Waals surface area contributed by atoms with E-state index in [1.807, 2.05) is 26.1 Å². The van der Waals surface area contributed by atoms with Crippen molar-refractivity contribution in [3.8, 4) is 18.0 Å². The van der Waals surface area contributed by atoms with Crippen LogP contribution in [0.25, 0.3) is 0 Å². The highest BCUT2D eigenvalue weighted by atomic mass is 16.5. The summed E-state index contributed by atoms with van der Waals surface area (Å²) in [5.41, 5.74) is 1.14. The van der Waals surface area contributed by atoms with Crippen LogP contribution in [0, 0.1) is 22.8 Å². The van der Waals surface area contributed by atoms with Crippen LogP contribution in [0.1, 0.15) is 44.4 Å². The molecule has 2 rings (SSSR count). The Morgan fingerprint density at radius 2 is 2.20 bits per heavy atom. The van der Waals surface area contributed by atoms with Gasteiger partial charge in [0.05, 0.1) is 17.7 Å². The van der Waals surface area contributed by atoms with Gasteiger partial charge in [0.1, 0.15) is 17.2 Å². The van der Waals surface area contributed by atoms with Crippen LogP contribution in [0.5, 0.6) is 5.75 Å². The molecular weight excluding hydrogens is 252 g/mol. The number of nitriles is 2. The fraction of sp³-hybridized carbons (Fsp3) is 0.400. The third kappa shape index (κ3) is 2.89. The Morgan fingerprint density at radius 3 is 2.85 bits per heavy atom. The SMILES string of the molecule is CC(=NC1CC(C)(C)Oc2ccc(C#N)cc21)NC#N. The van der Waals surface area contributed by atoms with Crippen molar-refractivity contribution in [3.63, 3.8) is 0 Å². The standard InChI is InChI=1S/C15H16N4O/c1-10(18-9-17)19-13-7-15(2,3)20-14-5-4-11(8-16)6-12(13)14/h4-6,13H,7H2,1-3H3,(H,18,19). The van der Waals surface area contributed by atoms with Gasteiger partial charge in [0, 0.05) is 12.0 Å². The molecule has 1 aromatic rings. The van der Waals surface area contributed by atoms with Crippen LogP contribution in [0.4, 0.5) is 0 Å². The smallest absolute Gasteiger partial charge is 0.182 e. The topological polar surface area (TPSA) is 81.2 Å². The molecule has 0 bridgehead atoms. The van der Waals surface area contributed by atoms with Gasteiger partial charge >= 0.3 is 0 Å². The third-order valence-electron chi connectivity index (χ3n) is 3.16. The zero-order valence-electron chi connectivity index (χ0n) is 11.8. The Kier molecular flexibility index (Phi) is 3.63. The number of ether oxygens (including phenoxy) is 1. The molecule has 1 unspecified atom stereocenters. The second kappa shape index (κ2) is 5.22. The highest BCUT2D eigenvalue weighted by Gasteiger charge is 2.33. The highest BCUT2D eigenvalue weighted by Crippen LogP contribution is 2.41. The number of aliphatic imine (C=N–C) groups is 1. The van der Waals surface area contributed by atoms with E-state index in [-0.39, 0.29) is 11.6 Å². The lowest BCUT2D eigenvalue weighted by molar-refractivity contribution is 0.0732. The molecule has 5 nitrogen and oxygen atoms in total. The molecule has 0 saturated carbocycles. The minimum absolute atomic E-state index is 0.122. The van der Waals surface area contributed by atoms with E-state index < -0.39 is 0 Å². The maximum Gasteiger partial charge on any atom is 0.182 e. The van der Waals surface area contributed by atoms with Crippen molar-refractivity contribution in [1.29, 1.82) is 10.5 Å². The summed E-state index contributed by atoms with van der Waals surface area (Å²) in [6, 6.07) is 7.35. The van der Waals surface area contributed by atoms with Crippen molar-refractivity contribution in [1.82, 2.24) is 5.32 Å². The fourth-order valence-electron chi connectivity index (χ4n) is 2.35. The van der Waals surface area contributed by atoms with Crippen LogP contribution in [0.3, 0.4) is 0 Å². The monoisotopic (exact) mass is 268 g/mol. The number of nitrogens with one attached hydrogen (secondary N) is 1. The van der Waals surface area contributed by atoms with E-state index in [0.717, 1.165) is 11.3 Å². The van der Waals surface area contributed by atoms with Crippen molar-refractivity contribution in [2.24, 2.45) is 4.99 Å². The van der Waals surface area contributed by atoms with Crippen LogP contribution in [0.15, 0.2) is 23.2 Å². The Hall–Kier alpha value is -2.53. The van der Waals surface area contributed by atoms with Gasteiger partial charge in [-0.1, -0.05) is 0 Å². The summed E-state index contributed by atoms with van der Waals surface area (Å²) < 4.78 is 5.93. The molecule has 0 radical (unpaired) electrons. The molecule has 0 fully saturated rings. The van der Waals surface area contributed by atoms with E-state index in [1.165, 1.54) is 0 Å². The number of hydrogen-bond donors (Lipinski definition) is 1. The summed E-state index contributed by atoms with van der Waals surface area (Å²) in [5, 5.41) is 20.2. The van der Waals surface area contributed by atoms with Crippen LogP contribution < -0.4 is 10.1 Å². The molecule has 0 amide bonds. The molecule has 20 heavy (non-hydrogen) atoms. The predicted octanol–water partition coefficient (Wildman–Crippen LogP) is 2.65. The minimum atomic E-state index is -0.331. The number of amidine groups is 1. The van der Waals surface area contributed by atoms with Crippen LogP contribution in [0.2, 0.25) is 0 Å². The second-order valence-electron chi connectivity index (χ2n) is 5.40. The van der Waals surface area contributed by atoms with E-state index in [9.17, 15) is 0 Å². The molecule has 0 spiro atoms. The lowest BCUT2D eigenvalue weighted by Crippen LogP contribution is -2.35. The number of rotatable bonds is 1. The lowest BCUT2D eigenvalue weighted by atomic mass is 9.89. The van der Waals surface area contributed by atoms with Gasteiger partial charge in [0.15, 0.2) is 6.19 Å². The maximum absolute atomic E-state index is 9.01. The second-order valence-corrected chi connectivity index (χ2v) is 5.40. The number of benzene rings is 1. The van der Waals surface area contributed by atoms with E-state index in [0.29, 0.717) is 17.8 Å². The first-order valence-corrected chi connectivity index (χ1v) is 6.38. The summed E-state index contributed by atoms with van der Waals surface area (Å²) in [4.78, 5) is 4.53. The van der Waals surface area contributed by atoms with E-state index in [2.05, 4.69) is 16.4 Å². The van der Waals surface area contributed by atoms with Gasteiger partial charge in [-0.25, -0.2) is 0 Å². The van der Waals surface area contributed by atoms with Crippen molar-refractivity contribution in [2.75, 3.05) is 0 Å². The molecule has 102 valence electrons. The molecule has 1 aromatic carbocycles. The van der Waals surface area contributed by atoms with E-state index in [1.54, 1.807) is 19.1 Å². The maximum atomic E-state index is 9.01. The summed E-state index contributed by atoms with van der Waals surface area (Å²) in [6.07, 6.45) is 2.55. The van der Waals surface area contributed by atoms with Gasteiger partial charge in [0.25, 0.3) is 0 Å². The lowest BCUT2D eigenvalue weighted by Gasteiger charge is -2.36. The van der Waals surface area contributed by atoms with Gasteiger partial charge in [-0.05, 0) is 39.0 Å². The molecule has 1 N–H and O–H groups in total. The summed E-state index contributed by atoms with van der Waals surface area (Å²) in [6.45, 7) is 5.76. The third-order valence-corrected chi connectivity index (χ3v) is 3.16. The number of hydrogen-bond acceptors (Lipinski definition) is 4. The Labute approximate surface area is 118 Å². The highest BCUT2D eigenvalue weighted by molar-refractivity contribution is 5.81. The largest absolute Gasteiger partial charge is 0.487 e. The Morgan fingerprint density at radius 1 is 1.45 bits per heavy atom. The van der Waals surface area contributed by atoms with E-state index >= 15 is 0 Å². The van der Waals surface area contributed by atoms with Crippen molar-refractivity contribution in [3.05, 3.63) is 29.3 Å². The molecule has 0 saturated heterocycles. The van der Waals surface area contributed by atoms with Crippen molar-refractivity contribution in [2.45, 2.75) is 38.8 Å². The van der Waals surface area contributed by atoms with Gasteiger partial charge in [0.2, 0.25) is 0 Å². The molecule has 1 aliphatic heterocycles. The Balaban J connectivity index is 2.46. The van der Waals surface area contributed by atoms with Crippen LogP contribution in [-0.4, -0.2) is 11.4 Å². The summed E-state index contributed by atoms with van der Waals surface area (Å²) in [7, 11) is 0. The first kappa shape index (κ1) is 13.9. The quantitative estimate of drug-likeness (QED) is 0.367. The molecule has 1 aliphatic rings. The van der Waals surface area contributed by atoms with Crippen LogP contribution >= 0.6 is 0 Å². The molecule has 0 aromatic heterocycles. The van der Waals surface area contributed by atoms with E-state index in [4.69, 9.17) is 15.3 Å². The minimum Gasteiger partial charge on any atom is -0.487 e. The summed E-state index contributed by atoms with van der Waals surface area (Å²) in [5.74, 6) is 1.31. The fourth-order valence-corrected chi connectivity index (χ4v) is 2.35. The first-order valence-electron chi connectivity index (χ1n) is 6.38. The van der Waals surface area contributed by atoms with Gasteiger partial charge in [-0.3, -0.25) is 10.3 Å². The average Bonchev–Trinajstić information content (AvgIpc) is 2.37. The van der Waals surface area contributed by atoms with Crippen molar-refractivity contribution >= 4 is 5.84 Å². The molecule has 0 aliphatic carbocycles. The normalized spacial score (nSPS) is 20.1. The first-order chi connectivity index (χ1) is 9.45. The number of fused-ring (bicyclic) bond motifs is 1. The zero-order chi connectivity index (χ0) is 14.8. The average molecular weight is 268 g/mol. The Bertz CT molecular complexity index is 634. The van der Waals surface area contributed by atoms with Gasteiger partial charge in [-0.15, -0.1) is 0 Å². The van der Waals surface area contributed by atoms with Crippen molar-refractivity contribution < 1.29 is 4.74 Å². The zero-order valence-corrected chi connectivity index (χ0v) is 11.8. The molecule has 5 heteroatoms. The predicted molar refractivity (Wildman–Crippen MR) is 75.1 cm³/mol. The number of nitrogens with zero attached hydrogens (tertiary/aromatic N) is 3. The van der Waals surface area contributed by atoms with Gasteiger partial charge < -0.3 is 4.74 Å². The van der Waals surface area contributed by atoms with Gasteiger partial charge in [-0.2, -0.15) is 10.5 Å². The van der Waals surface area contributed by atoms with Crippen LogP contribution in [-0.2, 0) is 0 Å².